The van der Waals surface area contributed by atoms with Gasteiger partial charge in [0, 0.05) is 12.1 Å². The van der Waals surface area contributed by atoms with Crippen LogP contribution in [0, 0.1) is 6.92 Å². The number of hydrogen-bond acceptors (Lipinski definition) is 1. The van der Waals surface area contributed by atoms with E-state index in [4.69, 9.17) is 0 Å². The predicted octanol–water partition coefficient (Wildman–Crippen LogP) is 1.90. The highest BCUT2D eigenvalue weighted by Crippen LogP contribution is 2.22. The van der Waals surface area contributed by atoms with E-state index in [1.54, 1.807) is 0 Å². The van der Waals surface area contributed by atoms with Gasteiger partial charge in [0.25, 0.3) is 5.91 Å². The number of carbonyl (C=O) groups is 1. The minimum absolute atomic E-state index is 0.0475. The summed E-state index contributed by atoms with van der Waals surface area (Å²) in [6.45, 7) is 4.72. The maximum Gasteiger partial charge on any atom is 0.252 e. The smallest absolute Gasteiger partial charge is 0.252 e. The van der Waals surface area contributed by atoms with E-state index in [2.05, 4.69) is 5.32 Å². The topological polar surface area (TPSA) is 29.1 Å². The van der Waals surface area contributed by atoms with Gasteiger partial charge in [-0.2, -0.15) is 0 Å². The van der Waals surface area contributed by atoms with Crippen LogP contribution >= 0.6 is 0 Å². The minimum Gasteiger partial charge on any atom is -0.348 e. The van der Waals surface area contributed by atoms with Crippen molar-refractivity contribution in [2.24, 2.45) is 0 Å². The molecule has 0 radical (unpaired) electrons. The lowest BCUT2D eigenvalue weighted by Crippen LogP contribution is -2.16. The van der Waals surface area contributed by atoms with Gasteiger partial charge in [-0.05, 0) is 25.0 Å². The molecule has 0 saturated heterocycles. The van der Waals surface area contributed by atoms with Crippen molar-refractivity contribution in [1.29, 1.82) is 0 Å². The molecule has 72 valence electrons. The van der Waals surface area contributed by atoms with Crippen LogP contribution in [0.1, 0.15) is 18.1 Å². The molecule has 1 N–H and O–H groups in total. The summed E-state index contributed by atoms with van der Waals surface area (Å²) in [5.41, 5.74) is 4.19. The third kappa shape index (κ3) is 1.43. The summed E-state index contributed by atoms with van der Waals surface area (Å²) in [5.74, 6) is 0.0475. The van der Waals surface area contributed by atoms with Crippen molar-refractivity contribution in [2.75, 3.05) is 6.54 Å². The van der Waals surface area contributed by atoms with Crippen LogP contribution in [0.5, 0.6) is 0 Å². The van der Waals surface area contributed by atoms with Crippen LogP contribution in [-0.4, -0.2) is 12.5 Å². The lowest BCUT2D eigenvalue weighted by molar-refractivity contribution is -0.114. The van der Waals surface area contributed by atoms with E-state index < -0.39 is 0 Å². The molecule has 1 amide bonds. The lowest BCUT2D eigenvalue weighted by Gasteiger charge is -2.02. The number of rotatable bonds is 1. The van der Waals surface area contributed by atoms with Crippen molar-refractivity contribution in [3.63, 3.8) is 0 Å². The second-order valence-corrected chi connectivity index (χ2v) is 3.70. The Bertz CT molecular complexity index is 401. The first kappa shape index (κ1) is 9.00. The highest BCUT2D eigenvalue weighted by Gasteiger charge is 2.20. The van der Waals surface area contributed by atoms with Crippen LogP contribution in [0.4, 0.5) is 0 Å². The molecule has 1 aliphatic heterocycles. The Labute approximate surface area is 83.6 Å². The molecular weight excluding hydrogens is 174 g/mol. The fourth-order valence-corrected chi connectivity index (χ4v) is 1.68. The molecule has 0 fully saturated rings. The van der Waals surface area contributed by atoms with Gasteiger partial charge in [-0.1, -0.05) is 29.8 Å². The SMILES string of the molecule is CC1=C(c2ccc(C)cc2)C(=O)NC1. The number of benzene rings is 1. The number of hydrogen-bond donors (Lipinski definition) is 1. The second kappa shape index (κ2) is 3.29. The third-order valence-electron chi connectivity index (χ3n) is 2.51. The van der Waals surface area contributed by atoms with Gasteiger partial charge in [-0.25, -0.2) is 0 Å². The Kier molecular flexibility index (Phi) is 2.12. The van der Waals surface area contributed by atoms with Crippen molar-refractivity contribution >= 4 is 11.5 Å². The molecule has 0 spiro atoms. The molecule has 0 saturated carbocycles. The largest absolute Gasteiger partial charge is 0.348 e. The summed E-state index contributed by atoms with van der Waals surface area (Å²) in [6.07, 6.45) is 0. The zero-order valence-electron chi connectivity index (χ0n) is 8.42. The Morgan fingerprint density at radius 2 is 1.79 bits per heavy atom. The number of amides is 1. The van der Waals surface area contributed by atoms with Crippen LogP contribution < -0.4 is 5.32 Å². The standard InChI is InChI=1S/C12H13NO/c1-8-3-5-10(6-4-8)11-9(2)7-13-12(11)14/h3-6H,7H2,1-2H3,(H,13,14). The highest BCUT2D eigenvalue weighted by molar-refractivity contribution is 6.22. The van der Waals surface area contributed by atoms with Gasteiger partial charge in [0.15, 0.2) is 0 Å². The third-order valence-corrected chi connectivity index (χ3v) is 2.51. The molecule has 1 heterocycles. The quantitative estimate of drug-likeness (QED) is 0.714. The molecule has 2 rings (SSSR count). The van der Waals surface area contributed by atoms with E-state index in [1.165, 1.54) is 5.56 Å². The van der Waals surface area contributed by atoms with Crippen LogP contribution in [0.15, 0.2) is 29.8 Å². The normalized spacial score (nSPS) is 16.0. The van der Waals surface area contributed by atoms with Crippen molar-refractivity contribution in [2.45, 2.75) is 13.8 Å². The lowest BCUT2D eigenvalue weighted by atomic mass is 10.0. The highest BCUT2D eigenvalue weighted by atomic mass is 16.1. The molecule has 2 heteroatoms. The molecule has 14 heavy (non-hydrogen) atoms. The number of carbonyl (C=O) groups excluding carboxylic acids is 1. The molecule has 0 unspecified atom stereocenters. The summed E-state index contributed by atoms with van der Waals surface area (Å²) in [7, 11) is 0. The van der Waals surface area contributed by atoms with Crippen LogP contribution in [0.2, 0.25) is 0 Å². The van der Waals surface area contributed by atoms with Gasteiger partial charge in [0.05, 0.1) is 0 Å². The van der Waals surface area contributed by atoms with E-state index >= 15 is 0 Å². The number of aryl methyl sites for hydroxylation is 1. The first-order valence-electron chi connectivity index (χ1n) is 4.73. The van der Waals surface area contributed by atoms with Gasteiger partial charge < -0.3 is 5.32 Å². The van der Waals surface area contributed by atoms with Gasteiger partial charge in [0.1, 0.15) is 0 Å². The molecule has 2 nitrogen and oxygen atoms in total. The van der Waals surface area contributed by atoms with E-state index in [0.29, 0.717) is 6.54 Å². The monoisotopic (exact) mass is 187 g/mol. The number of nitrogens with one attached hydrogen (secondary N) is 1. The van der Waals surface area contributed by atoms with E-state index in [9.17, 15) is 4.79 Å². The van der Waals surface area contributed by atoms with E-state index in [0.717, 1.165) is 16.7 Å². The van der Waals surface area contributed by atoms with Gasteiger partial charge in [-0.3, -0.25) is 4.79 Å². The fourth-order valence-electron chi connectivity index (χ4n) is 1.68. The van der Waals surface area contributed by atoms with Crippen molar-refractivity contribution in [3.8, 4) is 0 Å². The van der Waals surface area contributed by atoms with Crippen molar-refractivity contribution < 1.29 is 4.79 Å². The summed E-state index contributed by atoms with van der Waals surface area (Å²) < 4.78 is 0. The molecular formula is C12H13NO. The summed E-state index contributed by atoms with van der Waals surface area (Å²) in [5, 5.41) is 2.82. The maximum atomic E-state index is 11.5. The van der Waals surface area contributed by atoms with Crippen molar-refractivity contribution in [3.05, 3.63) is 41.0 Å². The Morgan fingerprint density at radius 1 is 1.14 bits per heavy atom. The van der Waals surface area contributed by atoms with Gasteiger partial charge in [0.2, 0.25) is 0 Å². The zero-order valence-corrected chi connectivity index (χ0v) is 8.42. The van der Waals surface area contributed by atoms with Crippen LogP contribution in [0.3, 0.4) is 0 Å². The first-order chi connectivity index (χ1) is 6.68. The van der Waals surface area contributed by atoms with Crippen LogP contribution in [0.25, 0.3) is 5.57 Å². The average Bonchev–Trinajstić information content (AvgIpc) is 2.49. The van der Waals surface area contributed by atoms with Gasteiger partial charge in [-0.15, -0.1) is 0 Å². The second-order valence-electron chi connectivity index (χ2n) is 3.70. The molecule has 1 aliphatic rings. The van der Waals surface area contributed by atoms with E-state index in [-0.39, 0.29) is 5.91 Å². The average molecular weight is 187 g/mol. The Balaban J connectivity index is 2.44. The molecule has 0 aromatic heterocycles. The zero-order chi connectivity index (χ0) is 10.1. The summed E-state index contributed by atoms with van der Waals surface area (Å²) in [6, 6.07) is 8.06. The van der Waals surface area contributed by atoms with Crippen LogP contribution in [-0.2, 0) is 4.79 Å². The fraction of sp³-hybridized carbons (Fsp3) is 0.250. The Morgan fingerprint density at radius 3 is 2.29 bits per heavy atom. The van der Waals surface area contributed by atoms with E-state index in [1.807, 2.05) is 38.1 Å². The molecule has 1 aromatic rings. The molecule has 1 aromatic carbocycles. The predicted molar refractivity (Wildman–Crippen MR) is 56.8 cm³/mol. The molecule has 0 atom stereocenters. The van der Waals surface area contributed by atoms with Crippen molar-refractivity contribution in [1.82, 2.24) is 5.32 Å². The summed E-state index contributed by atoms with van der Waals surface area (Å²) in [4.78, 5) is 11.5. The maximum absolute atomic E-state index is 11.5. The van der Waals surface area contributed by atoms with Gasteiger partial charge >= 0.3 is 0 Å². The summed E-state index contributed by atoms with van der Waals surface area (Å²) >= 11 is 0. The first-order valence-corrected chi connectivity index (χ1v) is 4.73. The molecule has 0 aliphatic carbocycles. The Hall–Kier alpha value is -1.57. The molecule has 0 bridgehead atoms. The minimum atomic E-state index is 0.0475.